The number of sulfonamides is 1. The number of carbonyl (C=O) groups excluding carboxylic acids is 2. The molecule has 2 amide bonds. The van der Waals surface area contributed by atoms with Gasteiger partial charge >= 0.3 is 0 Å². The summed E-state index contributed by atoms with van der Waals surface area (Å²) in [6, 6.07) is 9.75. The third kappa shape index (κ3) is 4.74. The number of carbonyl (C=O) groups is 2. The van der Waals surface area contributed by atoms with Gasteiger partial charge < -0.3 is 10.2 Å². The lowest BCUT2D eigenvalue weighted by atomic mass is 10.1. The Bertz CT molecular complexity index is 986. The third-order valence-corrected chi connectivity index (χ3v) is 8.61. The van der Waals surface area contributed by atoms with E-state index in [2.05, 4.69) is 5.32 Å². The van der Waals surface area contributed by atoms with E-state index >= 15 is 0 Å². The molecule has 1 fully saturated rings. The van der Waals surface area contributed by atoms with Crippen LogP contribution in [-0.4, -0.2) is 55.1 Å². The van der Waals surface area contributed by atoms with Crippen molar-refractivity contribution >= 4 is 33.2 Å². The van der Waals surface area contributed by atoms with E-state index in [9.17, 15) is 18.0 Å². The molecule has 3 rings (SSSR count). The molecule has 162 valence electrons. The number of rotatable bonds is 7. The highest BCUT2D eigenvalue weighted by molar-refractivity contribution is 7.91. The fourth-order valence-corrected chi connectivity index (χ4v) is 6.10. The van der Waals surface area contributed by atoms with E-state index in [1.807, 2.05) is 13.8 Å². The summed E-state index contributed by atoms with van der Waals surface area (Å²) in [4.78, 5) is 26.7. The highest BCUT2D eigenvalue weighted by Crippen LogP contribution is 2.28. The first-order chi connectivity index (χ1) is 14.2. The summed E-state index contributed by atoms with van der Waals surface area (Å²) in [7, 11) is -1.89. The van der Waals surface area contributed by atoms with Gasteiger partial charge in [0.25, 0.3) is 15.9 Å². The quantitative estimate of drug-likeness (QED) is 0.704. The van der Waals surface area contributed by atoms with Crippen molar-refractivity contribution < 1.29 is 18.0 Å². The molecule has 9 heteroatoms. The first-order valence-electron chi connectivity index (χ1n) is 9.91. The van der Waals surface area contributed by atoms with Crippen LogP contribution in [-0.2, 0) is 21.4 Å². The van der Waals surface area contributed by atoms with E-state index in [0.29, 0.717) is 24.9 Å². The second kappa shape index (κ2) is 9.28. The largest absolute Gasteiger partial charge is 0.351 e. The average Bonchev–Trinajstić information content (AvgIpc) is 3.44. The highest BCUT2D eigenvalue weighted by Gasteiger charge is 2.39. The molecular weight excluding hydrogens is 422 g/mol. The molecule has 1 aliphatic heterocycles. The maximum atomic E-state index is 12.8. The summed E-state index contributed by atoms with van der Waals surface area (Å²) in [5, 5.41) is 4.55. The number of benzene rings is 1. The molecule has 0 radical (unpaired) electrons. The summed E-state index contributed by atoms with van der Waals surface area (Å²) >= 11 is 1.16. The summed E-state index contributed by atoms with van der Waals surface area (Å²) < 4.78 is 27.2. The maximum absolute atomic E-state index is 12.8. The van der Waals surface area contributed by atoms with E-state index in [1.165, 1.54) is 4.31 Å². The molecule has 0 unspecified atom stereocenters. The van der Waals surface area contributed by atoms with Gasteiger partial charge in [0.1, 0.15) is 10.3 Å². The van der Waals surface area contributed by atoms with E-state index in [4.69, 9.17) is 0 Å². The Labute approximate surface area is 181 Å². The van der Waals surface area contributed by atoms with Gasteiger partial charge in [-0.1, -0.05) is 18.2 Å². The Morgan fingerprint density at radius 2 is 1.93 bits per heavy atom. The predicted molar refractivity (Wildman–Crippen MR) is 117 cm³/mol. The second-order valence-electron chi connectivity index (χ2n) is 7.63. The minimum absolute atomic E-state index is 0.0547. The fourth-order valence-electron chi connectivity index (χ4n) is 3.33. The van der Waals surface area contributed by atoms with Crippen molar-refractivity contribution in [2.45, 2.75) is 49.5 Å². The van der Waals surface area contributed by atoms with Gasteiger partial charge in [0.15, 0.2) is 0 Å². The normalized spacial score (nSPS) is 17.3. The van der Waals surface area contributed by atoms with Crippen LogP contribution in [0.3, 0.4) is 0 Å². The van der Waals surface area contributed by atoms with Crippen LogP contribution in [0.4, 0.5) is 0 Å². The average molecular weight is 450 g/mol. The molecule has 7 nitrogen and oxygen atoms in total. The van der Waals surface area contributed by atoms with Crippen LogP contribution in [0.15, 0.2) is 46.0 Å². The minimum Gasteiger partial charge on any atom is -0.351 e. The van der Waals surface area contributed by atoms with Crippen molar-refractivity contribution in [3.63, 3.8) is 0 Å². The predicted octanol–water partition coefficient (Wildman–Crippen LogP) is 2.70. The van der Waals surface area contributed by atoms with Crippen molar-refractivity contribution in [2.24, 2.45) is 0 Å². The van der Waals surface area contributed by atoms with E-state index in [0.717, 1.165) is 16.9 Å². The number of hydrogen-bond acceptors (Lipinski definition) is 5. The van der Waals surface area contributed by atoms with Crippen LogP contribution in [0.2, 0.25) is 0 Å². The lowest BCUT2D eigenvalue weighted by Crippen LogP contribution is -2.45. The summed E-state index contributed by atoms with van der Waals surface area (Å²) in [5.74, 6) is -0.353. The fraction of sp³-hybridized carbons (Fsp3) is 0.429. The molecule has 0 spiro atoms. The standard InChI is InChI=1S/C21H27N3O4S2/c1-15(2)23(3)21(26)17-10-8-16(9-11-17)14-22-20(25)18-6-4-12-24(18)30(27,28)19-7-5-13-29-19/h5,7-11,13,15,18H,4,6,12,14H2,1-3H3,(H,22,25)/t18-/m0/s1. The van der Waals surface area contributed by atoms with Crippen molar-refractivity contribution in [3.05, 3.63) is 52.9 Å². The first-order valence-corrected chi connectivity index (χ1v) is 12.2. The van der Waals surface area contributed by atoms with Crippen LogP contribution in [0, 0.1) is 0 Å². The lowest BCUT2D eigenvalue weighted by molar-refractivity contribution is -0.124. The van der Waals surface area contributed by atoms with E-state index in [1.54, 1.807) is 53.7 Å². The van der Waals surface area contributed by atoms with Crippen LogP contribution < -0.4 is 5.32 Å². The van der Waals surface area contributed by atoms with Gasteiger partial charge in [-0.05, 0) is 55.8 Å². The lowest BCUT2D eigenvalue weighted by Gasteiger charge is -2.23. The van der Waals surface area contributed by atoms with Gasteiger partial charge in [0.2, 0.25) is 5.91 Å². The smallest absolute Gasteiger partial charge is 0.253 e. The van der Waals surface area contributed by atoms with Gasteiger partial charge in [-0.25, -0.2) is 8.42 Å². The Balaban J connectivity index is 1.62. The zero-order valence-electron chi connectivity index (χ0n) is 17.4. The zero-order chi connectivity index (χ0) is 21.9. The molecule has 2 heterocycles. The number of nitrogens with zero attached hydrogens (tertiary/aromatic N) is 2. The van der Waals surface area contributed by atoms with Crippen molar-refractivity contribution in [1.29, 1.82) is 0 Å². The van der Waals surface area contributed by atoms with Crippen molar-refractivity contribution in [3.8, 4) is 0 Å². The molecular formula is C21H27N3O4S2. The number of thiophene rings is 1. The number of hydrogen-bond donors (Lipinski definition) is 1. The zero-order valence-corrected chi connectivity index (χ0v) is 19.0. The molecule has 1 aliphatic rings. The molecule has 0 aliphatic carbocycles. The molecule has 1 atom stereocenters. The Morgan fingerprint density at radius 1 is 1.23 bits per heavy atom. The molecule has 1 saturated heterocycles. The molecule has 30 heavy (non-hydrogen) atoms. The Kier molecular flexibility index (Phi) is 6.95. The van der Waals surface area contributed by atoms with Gasteiger partial charge in [-0.15, -0.1) is 11.3 Å². The van der Waals surface area contributed by atoms with E-state index < -0.39 is 16.1 Å². The van der Waals surface area contributed by atoms with Gasteiger partial charge in [0, 0.05) is 31.7 Å². The molecule has 2 aromatic rings. The first kappa shape index (κ1) is 22.5. The minimum atomic E-state index is -3.65. The van der Waals surface area contributed by atoms with E-state index in [-0.39, 0.29) is 28.6 Å². The molecule has 1 aromatic carbocycles. The molecule has 0 bridgehead atoms. The van der Waals surface area contributed by atoms with Gasteiger partial charge in [0.05, 0.1) is 0 Å². The second-order valence-corrected chi connectivity index (χ2v) is 10.7. The SMILES string of the molecule is CC(C)N(C)C(=O)c1ccc(CNC(=O)[C@@H]2CCCN2S(=O)(=O)c2cccs2)cc1. The van der Waals surface area contributed by atoms with Gasteiger partial charge in [-0.3, -0.25) is 9.59 Å². The molecule has 1 N–H and O–H groups in total. The Hall–Kier alpha value is -2.23. The summed E-state index contributed by atoms with van der Waals surface area (Å²) in [6.07, 6.45) is 1.16. The van der Waals surface area contributed by atoms with Gasteiger partial charge in [-0.2, -0.15) is 4.31 Å². The third-order valence-electron chi connectivity index (χ3n) is 5.33. The van der Waals surface area contributed by atoms with Crippen molar-refractivity contribution in [1.82, 2.24) is 14.5 Å². The molecule has 0 saturated carbocycles. The van der Waals surface area contributed by atoms with Crippen LogP contribution in [0.5, 0.6) is 0 Å². The number of nitrogens with one attached hydrogen (secondary N) is 1. The Morgan fingerprint density at radius 3 is 2.53 bits per heavy atom. The van der Waals surface area contributed by atoms with Crippen molar-refractivity contribution in [2.75, 3.05) is 13.6 Å². The number of amides is 2. The monoisotopic (exact) mass is 449 g/mol. The van der Waals surface area contributed by atoms with Crippen LogP contribution in [0.25, 0.3) is 0 Å². The highest BCUT2D eigenvalue weighted by atomic mass is 32.2. The maximum Gasteiger partial charge on any atom is 0.253 e. The molecule has 1 aromatic heterocycles. The van der Waals surface area contributed by atoms with Crippen LogP contribution >= 0.6 is 11.3 Å². The van der Waals surface area contributed by atoms with Crippen LogP contribution in [0.1, 0.15) is 42.6 Å². The summed E-state index contributed by atoms with van der Waals surface area (Å²) in [6.45, 7) is 4.52. The summed E-state index contributed by atoms with van der Waals surface area (Å²) in [5.41, 5.74) is 1.43. The topological polar surface area (TPSA) is 86.8 Å².